The maximum absolute atomic E-state index is 10.1. The lowest BCUT2D eigenvalue weighted by Gasteiger charge is -2.34. The van der Waals surface area contributed by atoms with Gasteiger partial charge in [0.15, 0.2) is 0 Å². The Bertz CT molecular complexity index is 276. The molecule has 5 heteroatoms. The number of azo groups is 1. The fraction of sp³-hybridized carbons (Fsp3) is 1.00. The van der Waals surface area contributed by atoms with E-state index in [2.05, 4.69) is 34.5 Å². The van der Waals surface area contributed by atoms with Crippen molar-refractivity contribution in [1.29, 1.82) is 0 Å². The molecule has 2 aliphatic rings. The molecule has 1 aliphatic carbocycles. The molecule has 2 fully saturated rings. The lowest BCUT2D eigenvalue weighted by molar-refractivity contribution is 0.0623. The topological polar surface area (TPSA) is 60.2 Å². The first-order valence-electron chi connectivity index (χ1n) is 7.14. The van der Waals surface area contributed by atoms with Crippen molar-refractivity contribution in [3.63, 3.8) is 0 Å². The maximum Gasteiger partial charge on any atom is 0.120 e. The van der Waals surface area contributed by atoms with Gasteiger partial charge in [-0.3, -0.25) is 5.32 Å². The molecule has 0 aromatic carbocycles. The van der Waals surface area contributed by atoms with Crippen LogP contribution in [0.2, 0.25) is 0 Å². The van der Waals surface area contributed by atoms with Crippen LogP contribution in [0, 0.1) is 0 Å². The van der Waals surface area contributed by atoms with Crippen molar-refractivity contribution in [2.45, 2.75) is 62.9 Å². The molecule has 0 radical (unpaired) electrons. The third-order valence-corrected chi connectivity index (χ3v) is 4.12. The van der Waals surface area contributed by atoms with Crippen molar-refractivity contribution in [2.24, 2.45) is 10.2 Å². The smallest absolute Gasteiger partial charge is 0.120 e. The Morgan fingerprint density at radius 2 is 1.94 bits per heavy atom. The van der Waals surface area contributed by atoms with Gasteiger partial charge in [-0.1, -0.05) is 0 Å². The second-order valence-corrected chi connectivity index (χ2v) is 5.76. The van der Waals surface area contributed by atoms with E-state index in [1.165, 1.54) is 12.8 Å². The van der Waals surface area contributed by atoms with Crippen LogP contribution in [-0.4, -0.2) is 55.0 Å². The van der Waals surface area contributed by atoms with Crippen molar-refractivity contribution in [3.8, 4) is 0 Å². The van der Waals surface area contributed by atoms with Crippen molar-refractivity contribution < 1.29 is 5.11 Å². The van der Waals surface area contributed by atoms with Gasteiger partial charge in [-0.15, -0.1) is 0 Å². The summed E-state index contributed by atoms with van der Waals surface area (Å²) in [4.78, 5) is 2.19. The molecule has 0 aromatic heterocycles. The Morgan fingerprint density at radius 1 is 1.11 bits per heavy atom. The SMILES string of the molecule is CN(C)C1CCC(N=NC2CCCCN2)C(O)C1. The molecule has 104 valence electrons. The third-order valence-electron chi connectivity index (χ3n) is 4.12. The Labute approximate surface area is 110 Å². The summed E-state index contributed by atoms with van der Waals surface area (Å²) < 4.78 is 0. The molecule has 18 heavy (non-hydrogen) atoms. The van der Waals surface area contributed by atoms with E-state index in [-0.39, 0.29) is 18.3 Å². The number of aliphatic hydroxyl groups is 1. The fourth-order valence-electron chi connectivity index (χ4n) is 2.81. The molecule has 1 aliphatic heterocycles. The van der Waals surface area contributed by atoms with Crippen molar-refractivity contribution >= 4 is 0 Å². The van der Waals surface area contributed by atoms with Crippen LogP contribution in [0.25, 0.3) is 0 Å². The monoisotopic (exact) mass is 254 g/mol. The summed E-state index contributed by atoms with van der Waals surface area (Å²) in [5.41, 5.74) is 0. The van der Waals surface area contributed by atoms with Gasteiger partial charge in [0, 0.05) is 6.04 Å². The van der Waals surface area contributed by atoms with Crippen LogP contribution in [0.4, 0.5) is 0 Å². The number of hydrogen-bond donors (Lipinski definition) is 2. The van der Waals surface area contributed by atoms with Gasteiger partial charge in [-0.2, -0.15) is 10.2 Å². The largest absolute Gasteiger partial charge is 0.391 e. The third kappa shape index (κ3) is 3.73. The van der Waals surface area contributed by atoms with E-state index in [9.17, 15) is 5.11 Å². The molecular formula is C13H26N4O. The van der Waals surface area contributed by atoms with Crippen LogP contribution >= 0.6 is 0 Å². The first kappa shape index (κ1) is 13.9. The quantitative estimate of drug-likeness (QED) is 0.748. The minimum absolute atomic E-state index is 0.00456. The Morgan fingerprint density at radius 3 is 2.56 bits per heavy atom. The number of piperidine rings is 1. The number of nitrogens with zero attached hydrogens (tertiary/aromatic N) is 3. The Hall–Kier alpha value is -0.520. The molecule has 2 N–H and O–H groups in total. The van der Waals surface area contributed by atoms with Gasteiger partial charge in [-0.25, -0.2) is 0 Å². The molecule has 1 saturated carbocycles. The molecule has 4 atom stereocenters. The summed E-state index contributed by atoms with van der Waals surface area (Å²) in [5, 5.41) is 22.2. The van der Waals surface area contributed by atoms with Crippen LogP contribution in [0.5, 0.6) is 0 Å². The van der Waals surface area contributed by atoms with Crippen LogP contribution in [0.3, 0.4) is 0 Å². The molecule has 1 saturated heterocycles. The second kappa shape index (κ2) is 6.59. The molecule has 1 heterocycles. The van der Waals surface area contributed by atoms with Crippen molar-refractivity contribution in [1.82, 2.24) is 10.2 Å². The summed E-state index contributed by atoms with van der Waals surface area (Å²) in [7, 11) is 4.15. The standard InChI is InChI=1S/C13H26N4O/c1-17(2)10-6-7-11(12(18)9-10)15-16-13-5-3-4-8-14-13/h10-14,18H,3-9H2,1-2H3. The van der Waals surface area contributed by atoms with Crippen LogP contribution in [-0.2, 0) is 0 Å². The molecule has 0 spiro atoms. The molecule has 0 bridgehead atoms. The first-order valence-corrected chi connectivity index (χ1v) is 7.14. The average Bonchev–Trinajstić information content (AvgIpc) is 2.38. The van der Waals surface area contributed by atoms with E-state index in [0.717, 1.165) is 32.2 Å². The van der Waals surface area contributed by atoms with Gasteiger partial charge >= 0.3 is 0 Å². The van der Waals surface area contributed by atoms with Crippen LogP contribution < -0.4 is 5.32 Å². The summed E-state index contributed by atoms with van der Waals surface area (Å²) in [5.74, 6) is 0. The molecule has 2 rings (SSSR count). The van der Waals surface area contributed by atoms with Crippen LogP contribution in [0.1, 0.15) is 38.5 Å². The Kier molecular flexibility index (Phi) is 5.09. The van der Waals surface area contributed by atoms with Crippen molar-refractivity contribution in [3.05, 3.63) is 0 Å². The number of aliphatic hydroxyl groups excluding tert-OH is 1. The molecule has 4 unspecified atom stereocenters. The van der Waals surface area contributed by atoms with E-state index in [1.807, 2.05) is 0 Å². The predicted octanol–water partition coefficient (Wildman–Crippen LogP) is 1.38. The van der Waals surface area contributed by atoms with E-state index in [1.54, 1.807) is 0 Å². The van der Waals surface area contributed by atoms with E-state index in [4.69, 9.17) is 0 Å². The molecule has 0 aromatic rings. The average molecular weight is 254 g/mol. The zero-order valence-corrected chi connectivity index (χ0v) is 11.5. The summed E-state index contributed by atoms with van der Waals surface area (Å²) in [6.45, 7) is 1.04. The maximum atomic E-state index is 10.1. The van der Waals surface area contributed by atoms with E-state index in [0.29, 0.717) is 6.04 Å². The minimum Gasteiger partial charge on any atom is -0.391 e. The lowest BCUT2D eigenvalue weighted by Crippen LogP contribution is -2.41. The highest BCUT2D eigenvalue weighted by Crippen LogP contribution is 2.25. The molecule has 0 amide bonds. The Balaban J connectivity index is 1.81. The zero-order valence-electron chi connectivity index (χ0n) is 11.5. The zero-order chi connectivity index (χ0) is 13.0. The number of hydrogen-bond acceptors (Lipinski definition) is 5. The molecular weight excluding hydrogens is 228 g/mol. The predicted molar refractivity (Wildman–Crippen MR) is 71.6 cm³/mol. The van der Waals surface area contributed by atoms with E-state index >= 15 is 0 Å². The lowest BCUT2D eigenvalue weighted by atomic mass is 9.88. The second-order valence-electron chi connectivity index (χ2n) is 5.76. The minimum atomic E-state index is -0.335. The highest BCUT2D eigenvalue weighted by atomic mass is 16.3. The fourth-order valence-corrected chi connectivity index (χ4v) is 2.81. The van der Waals surface area contributed by atoms with Gasteiger partial charge in [-0.05, 0) is 59.2 Å². The normalized spacial score (nSPS) is 38.4. The van der Waals surface area contributed by atoms with Gasteiger partial charge in [0.1, 0.15) is 6.17 Å². The van der Waals surface area contributed by atoms with Gasteiger partial charge in [0.25, 0.3) is 0 Å². The van der Waals surface area contributed by atoms with Crippen LogP contribution in [0.15, 0.2) is 10.2 Å². The number of rotatable bonds is 3. The molecule has 5 nitrogen and oxygen atoms in total. The van der Waals surface area contributed by atoms with Gasteiger partial charge in [0.2, 0.25) is 0 Å². The van der Waals surface area contributed by atoms with Gasteiger partial charge in [0.05, 0.1) is 12.1 Å². The summed E-state index contributed by atoms with van der Waals surface area (Å²) in [6, 6.07) is 0.490. The summed E-state index contributed by atoms with van der Waals surface area (Å²) >= 11 is 0. The first-order chi connectivity index (χ1) is 8.66. The van der Waals surface area contributed by atoms with Gasteiger partial charge < -0.3 is 10.0 Å². The highest BCUT2D eigenvalue weighted by Gasteiger charge is 2.30. The van der Waals surface area contributed by atoms with E-state index < -0.39 is 0 Å². The highest BCUT2D eigenvalue weighted by molar-refractivity contribution is 4.87. The summed E-state index contributed by atoms with van der Waals surface area (Å²) in [6.07, 6.45) is 6.25. The van der Waals surface area contributed by atoms with Crippen molar-refractivity contribution in [2.75, 3.05) is 20.6 Å². The number of nitrogens with one attached hydrogen (secondary N) is 1.